The molecule has 1 N–H and O–H groups in total. The summed E-state index contributed by atoms with van der Waals surface area (Å²) in [7, 11) is 5.45. The van der Waals surface area contributed by atoms with Gasteiger partial charge >= 0.3 is 5.97 Å². The van der Waals surface area contributed by atoms with Gasteiger partial charge in [-0.1, -0.05) is 0 Å². The van der Waals surface area contributed by atoms with Crippen LogP contribution in [0.5, 0.6) is 0 Å². The summed E-state index contributed by atoms with van der Waals surface area (Å²) in [6.07, 6.45) is 3.61. The fourth-order valence-corrected chi connectivity index (χ4v) is 1.62. The van der Waals surface area contributed by atoms with E-state index in [2.05, 4.69) is 34.3 Å². The molecule has 1 aromatic rings. The summed E-state index contributed by atoms with van der Waals surface area (Å²) >= 11 is 0. The van der Waals surface area contributed by atoms with Crippen molar-refractivity contribution in [2.45, 2.75) is 19.8 Å². The van der Waals surface area contributed by atoms with E-state index in [0.29, 0.717) is 17.2 Å². The van der Waals surface area contributed by atoms with Crippen molar-refractivity contribution in [1.82, 2.24) is 14.9 Å². The van der Waals surface area contributed by atoms with Crippen molar-refractivity contribution < 1.29 is 9.53 Å². The van der Waals surface area contributed by atoms with Crippen molar-refractivity contribution in [3.05, 3.63) is 17.6 Å². The molecule has 0 bridgehead atoms. The summed E-state index contributed by atoms with van der Waals surface area (Å²) in [5.41, 5.74) is 0.376. The van der Waals surface area contributed by atoms with Crippen molar-refractivity contribution in [2.75, 3.05) is 39.6 Å². The highest BCUT2D eigenvalue weighted by atomic mass is 16.5. The van der Waals surface area contributed by atoms with Gasteiger partial charge in [-0.05, 0) is 40.4 Å². The number of anilines is 1. The van der Waals surface area contributed by atoms with Crippen LogP contribution in [0.4, 0.5) is 5.82 Å². The third-order valence-electron chi connectivity index (χ3n) is 2.64. The molecule has 106 valence electrons. The van der Waals surface area contributed by atoms with Crippen LogP contribution in [0.1, 0.15) is 29.0 Å². The van der Waals surface area contributed by atoms with E-state index in [-0.39, 0.29) is 0 Å². The zero-order valence-electron chi connectivity index (χ0n) is 12.1. The summed E-state index contributed by atoms with van der Waals surface area (Å²) in [5.74, 6) is 0.753. The number of rotatable bonds is 7. The molecule has 0 atom stereocenters. The third kappa shape index (κ3) is 5.21. The zero-order chi connectivity index (χ0) is 14.3. The number of carbonyl (C=O) groups is 1. The highest BCUT2D eigenvalue weighted by Gasteiger charge is 2.13. The van der Waals surface area contributed by atoms with Gasteiger partial charge in [0.2, 0.25) is 0 Å². The molecule has 1 rings (SSSR count). The number of nitrogens with one attached hydrogen (secondary N) is 1. The molecule has 0 aliphatic carbocycles. The number of carbonyl (C=O) groups excluding carboxylic acids is 1. The minimum absolute atomic E-state index is 0.376. The number of esters is 1. The van der Waals surface area contributed by atoms with Crippen LogP contribution in [0.3, 0.4) is 0 Å². The molecule has 6 nitrogen and oxygen atoms in total. The Kier molecular flexibility index (Phi) is 6.21. The van der Waals surface area contributed by atoms with E-state index in [0.717, 1.165) is 25.9 Å². The van der Waals surface area contributed by atoms with Crippen molar-refractivity contribution in [3.63, 3.8) is 0 Å². The van der Waals surface area contributed by atoms with Gasteiger partial charge in [0.25, 0.3) is 0 Å². The highest BCUT2D eigenvalue weighted by molar-refractivity contribution is 5.94. The van der Waals surface area contributed by atoms with E-state index in [4.69, 9.17) is 4.74 Å². The molecule has 0 saturated carbocycles. The molecule has 19 heavy (non-hydrogen) atoms. The third-order valence-corrected chi connectivity index (χ3v) is 2.64. The molecular weight excluding hydrogens is 244 g/mol. The fraction of sp³-hybridized carbons (Fsp3) is 0.615. The quantitative estimate of drug-likeness (QED) is 0.593. The predicted octanol–water partition coefficient (Wildman–Crippen LogP) is 1.33. The first-order valence-corrected chi connectivity index (χ1v) is 6.35. The Morgan fingerprint density at radius 1 is 1.42 bits per heavy atom. The SMILES string of the molecule is COC(=O)c1cnc(C)nc1NCCCCN(C)C. The van der Waals surface area contributed by atoms with Crippen molar-refractivity contribution >= 4 is 11.8 Å². The normalized spacial score (nSPS) is 10.6. The van der Waals surface area contributed by atoms with Crippen LogP contribution >= 0.6 is 0 Å². The summed E-state index contributed by atoms with van der Waals surface area (Å²) in [5, 5.41) is 3.17. The number of hydrogen-bond donors (Lipinski definition) is 1. The van der Waals surface area contributed by atoms with E-state index in [1.165, 1.54) is 13.3 Å². The lowest BCUT2D eigenvalue weighted by molar-refractivity contribution is 0.0601. The van der Waals surface area contributed by atoms with Gasteiger partial charge in [-0.2, -0.15) is 0 Å². The number of ether oxygens (including phenoxy) is 1. The van der Waals surface area contributed by atoms with Crippen LogP contribution < -0.4 is 5.32 Å². The second-order valence-electron chi connectivity index (χ2n) is 4.61. The first-order valence-electron chi connectivity index (χ1n) is 6.35. The summed E-state index contributed by atoms with van der Waals surface area (Å²) in [4.78, 5) is 22.0. The molecule has 0 unspecified atom stereocenters. The summed E-state index contributed by atoms with van der Waals surface area (Å²) in [6.45, 7) is 3.61. The lowest BCUT2D eigenvalue weighted by atomic mass is 10.2. The number of unbranched alkanes of at least 4 members (excludes halogenated alkanes) is 1. The van der Waals surface area contributed by atoms with Gasteiger partial charge in [-0.25, -0.2) is 14.8 Å². The second-order valence-corrected chi connectivity index (χ2v) is 4.61. The zero-order valence-corrected chi connectivity index (χ0v) is 12.1. The van der Waals surface area contributed by atoms with Gasteiger partial charge in [0.05, 0.1) is 7.11 Å². The maximum Gasteiger partial charge on any atom is 0.343 e. The van der Waals surface area contributed by atoms with Gasteiger partial charge in [0.15, 0.2) is 0 Å². The Morgan fingerprint density at radius 2 is 2.16 bits per heavy atom. The smallest absolute Gasteiger partial charge is 0.343 e. The lowest BCUT2D eigenvalue weighted by Gasteiger charge is -2.11. The van der Waals surface area contributed by atoms with Gasteiger partial charge in [0.1, 0.15) is 17.2 Å². The highest BCUT2D eigenvalue weighted by Crippen LogP contribution is 2.12. The predicted molar refractivity (Wildman–Crippen MR) is 74.4 cm³/mol. The maximum atomic E-state index is 11.6. The Balaban J connectivity index is 2.56. The number of aromatic nitrogens is 2. The Bertz CT molecular complexity index is 421. The van der Waals surface area contributed by atoms with Crippen LogP contribution in [0.25, 0.3) is 0 Å². The molecular formula is C13H22N4O2. The van der Waals surface area contributed by atoms with Crippen molar-refractivity contribution in [2.24, 2.45) is 0 Å². The van der Waals surface area contributed by atoms with E-state index in [1.54, 1.807) is 6.92 Å². The molecule has 0 aliphatic heterocycles. The van der Waals surface area contributed by atoms with E-state index < -0.39 is 5.97 Å². The number of hydrogen-bond acceptors (Lipinski definition) is 6. The van der Waals surface area contributed by atoms with Gasteiger partial charge in [-0.3, -0.25) is 0 Å². The van der Waals surface area contributed by atoms with Crippen LogP contribution in [-0.2, 0) is 4.74 Å². The molecule has 0 spiro atoms. The molecule has 0 fully saturated rings. The number of nitrogens with zero attached hydrogens (tertiary/aromatic N) is 3. The average Bonchev–Trinajstić information content (AvgIpc) is 2.37. The molecule has 0 saturated heterocycles. The average molecular weight is 266 g/mol. The van der Waals surface area contributed by atoms with Gasteiger partial charge in [-0.15, -0.1) is 0 Å². The van der Waals surface area contributed by atoms with Crippen LogP contribution in [0.15, 0.2) is 6.20 Å². The molecule has 1 heterocycles. The Morgan fingerprint density at radius 3 is 2.79 bits per heavy atom. The monoisotopic (exact) mass is 266 g/mol. The summed E-state index contributed by atoms with van der Waals surface area (Å²) < 4.78 is 4.71. The summed E-state index contributed by atoms with van der Waals surface area (Å²) in [6, 6.07) is 0. The Labute approximate surface area is 114 Å². The lowest BCUT2D eigenvalue weighted by Crippen LogP contribution is -2.16. The van der Waals surface area contributed by atoms with Crippen LogP contribution in [0.2, 0.25) is 0 Å². The molecule has 6 heteroatoms. The first kappa shape index (κ1) is 15.4. The van der Waals surface area contributed by atoms with Gasteiger partial charge in [0, 0.05) is 12.7 Å². The maximum absolute atomic E-state index is 11.6. The van der Waals surface area contributed by atoms with E-state index in [1.807, 2.05) is 0 Å². The minimum atomic E-state index is -0.421. The van der Waals surface area contributed by atoms with Crippen LogP contribution in [0, 0.1) is 6.92 Å². The molecule has 0 radical (unpaired) electrons. The van der Waals surface area contributed by atoms with E-state index >= 15 is 0 Å². The van der Waals surface area contributed by atoms with Crippen molar-refractivity contribution in [3.8, 4) is 0 Å². The number of aryl methyl sites for hydroxylation is 1. The fourth-order valence-electron chi connectivity index (χ4n) is 1.62. The Hall–Kier alpha value is -1.69. The largest absolute Gasteiger partial charge is 0.465 e. The van der Waals surface area contributed by atoms with Crippen molar-refractivity contribution in [1.29, 1.82) is 0 Å². The topological polar surface area (TPSA) is 67.3 Å². The molecule has 0 amide bonds. The first-order chi connectivity index (χ1) is 9.04. The van der Waals surface area contributed by atoms with Crippen LogP contribution in [-0.4, -0.2) is 55.1 Å². The van der Waals surface area contributed by atoms with Gasteiger partial charge < -0.3 is 15.0 Å². The standard InChI is InChI=1S/C13H22N4O2/c1-10-15-9-11(13(18)19-4)12(16-10)14-7-5-6-8-17(2)3/h9H,5-8H2,1-4H3,(H,14,15,16). The minimum Gasteiger partial charge on any atom is -0.465 e. The van der Waals surface area contributed by atoms with E-state index in [9.17, 15) is 4.79 Å². The molecule has 0 aromatic carbocycles. The molecule has 1 aromatic heterocycles. The number of methoxy groups -OCH3 is 1. The second kappa shape index (κ2) is 7.68. The molecule has 0 aliphatic rings.